The maximum Gasteiger partial charge on any atom is 0.333 e. The third-order valence-corrected chi connectivity index (χ3v) is 4.19. The summed E-state index contributed by atoms with van der Waals surface area (Å²) in [6, 6.07) is 11.9. The Labute approximate surface area is 147 Å². The van der Waals surface area contributed by atoms with Crippen molar-refractivity contribution in [2.45, 2.75) is 6.04 Å². The molecule has 126 valence electrons. The van der Waals surface area contributed by atoms with Crippen LogP contribution in [-0.2, 0) is 9.53 Å². The van der Waals surface area contributed by atoms with Crippen molar-refractivity contribution in [3.63, 3.8) is 0 Å². The average Bonchev–Trinajstić information content (AvgIpc) is 2.64. The van der Waals surface area contributed by atoms with Crippen LogP contribution in [0.25, 0.3) is 10.8 Å². The Bertz CT molecular complexity index is 1010. The first kappa shape index (κ1) is 16.9. The Morgan fingerprint density at radius 1 is 1.12 bits per heavy atom. The fraction of sp³-hybridized carbons (Fsp3) is 0.111. The van der Waals surface area contributed by atoms with Gasteiger partial charge in [-0.05, 0) is 41.1 Å². The summed E-state index contributed by atoms with van der Waals surface area (Å²) in [5.41, 5.74) is 0.304. The first-order chi connectivity index (χ1) is 12.1. The van der Waals surface area contributed by atoms with Crippen LogP contribution in [0.2, 0.25) is 5.02 Å². The number of esters is 1. The number of hydrogen-bond donors (Lipinski definition) is 0. The van der Waals surface area contributed by atoms with Gasteiger partial charge in [-0.15, -0.1) is 4.91 Å². The highest BCUT2D eigenvalue weighted by Crippen LogP contribution is 2.26. The molecule has 3 aromatic rings. The third kappa shape index (κ3) is 3.04. The Morgan fingerprint density at radius 3 is 2.48 bits per heavy atom. The summed E-state index contributed by atoms with van der Waals surface area (Å²) >= 11 is 5.89. The summed E-state index contributed by atoms with van der Waals surface area (Å²) in [6.45, 7) is 0. The molecule has 2 aromatic carbocycles. The minimum absolute atomic E-state index is 0.169. The normalized spacial score (nSPS) is 11.9. The first-order valence-corrected chi connectivity index (χ1v) is 7.75. The van der Waals surface area contributed by atoms with Gasteiger partial charge in [-0.1, -0.05) is 29.8 Å². The van der Waals surface area contributed by atoms with E-state index in [1.165, 1.54) is 23.9 Å². The van der Waals surface area contributed by atoms with Crippen molar-refractivity contribution in [1.29, 1.82) is 0 Å². The SMILES string of the molecule is COC(=O)C(c1ccc(Cl)cc1)n1ccc2c(N=O)cccc2c1=O. The molecule has 1 aromatic heterocycles. The van der Waals surface area contributed by atoms with Crippen LogP contribution in [0.15, 0.2) is 64.7 Å². The van der Waals surface area contributed by atoms with Crippen molar-refractivity contribution >= 4 is 34.0 Å². The molecule has 0 aliphatic rings. The smallest absolute Gasteiger partial charge is 0.333 e. The van der Waals surface area contributed by atoms with Crippen LogP contribution in [-0.4, -0.2) is 17.6 Å². The number of fused-ring (bicyclic) bond motifs is 1. The van der Waals surface area contributed by atoms with Crippen molar-refractivity contribution < 1.29 is 9.53 Å². The van der Waals surface area contributed by atoms with Gasteiger partial charge in [0.2, 0.25) is 0 Å². The Balaban J connectivity index is 2.25. The van der Waals surface area contributed by atoms with Crippen LogP contribution in [0, 0.1) is 4.91 Å². The average molecular weight is 357 g/mol. The molecule has 0 saturated heterocycles. The number of benzene rings is 2. The van der Waals surface area contributed by atoms with Gasteiger partial charge in [0.05, 0.1) is 7.11 Å². The molecular formula is C18H13ClN2O4. The van der Waals surface area contributed by atoms with Gasteiger partial charge in [0.15, 0.2) is 6.04 Å². The molecular weight excluding hydrogens is 344 g/mol. The van der Waals surface area contributed by atoms with E-state index in [-0.39, 0.29) is 5.69 Å². The second kappa shape index (κ2) is 6.86. The summed E-state index contributed by atoms with van der Waals surface area (Å²) in [4.78, 5) is 36.1. The molecule has 1 unspecified atom stereocenters. The minimum atomic E-state index is -0.966. The molecule has 0 radical (unpaired) electrons. The number of carbonyl (C=O) groups excluding carboxylic acids is 1. The molecule has 1 heterocycles. The van der Waals surface area contributed by atoms with E-state index in [4.69, 9.17) is 16.3 Å². The molecule has 7 heteroatoms. The molecule has 0 spiro atoms. The standard InChI is InChI=1S/C18H13ClN2O4/c1-25-18(23)16(11-5-7-12(19)8-6-11)21-10-9-13-14(17(21)22)3-2-4-15(13)20-24/h2-10,16H,1H3. The summed E-state index contributed by atoms with van der Waals surface area (Å²) in [6.07, 6.45) is 1.45. The quantitative estimate of drug-likeness (QED) is 0.526. The monoisotopic (exact) mass is 356 g/mol. The minimum Gasteiger partial charge on any atom is -0.467 e. The molecule has 0 saturated carbocycles. The highest BCUT2D eigenvalue weighted by Gasteiger charge is 2.25. The van der Waals surface area contributed by atoms with Crippen LogP contribution in [0.4, 0.5) is 5.69 Å². The van der Waals surface area contributed by atoms with E-state index in [1.807, 2.05) is 0 Å². The van der Waals surface area contributed by atoms with E-state index in [1.54, 1.807) is 42.5 Å². The molecule has 3 rings (SSSR count). The Kier molecular flexibility index (Phi) is 4.63. The van der Waals surface area contributed by atoms with Crippen LogP contribution in [0.5, 0.6) is 0 Å². The second-order valence-corrected chi connectivity index (χ2v) is 5.77. The van der Waals surface area contributed by atoms with Gasteiger partial charge in [0.1, 0.15) is 5.69 Å². The first-order valence-electron chi connectivity index (χ1n) is 7.37. The largest absolute Gasteiger partial charge is 0.467 e. The summed E-state index contributed by atoms with van der Waals surface area (Å²) < 4.78 is 6.13. The molecule has 0 aliphatic heterocycles. The van der Waals surface area contributed by atoms with E-state index in [0.29, 0.717) is 21.4 Å². The van der Waals surface area contributed by atoms with E-state index in [9.17, 15) is 14.5 Å². The lowest BCUT2D eigenvalue weighted by molar-refractivity contribution is -0.143. The van der Waals surface area contributed by atoms with Crippen LogP contribution >= 0.6 is 11.6 Å². The van der Waals surface area contributed by atoms with Crippen molar-refractivity contribution in [3.8, 4) is 0 Å². The van der Waals surface area contributed by atoms with Crippen molar-refractivity contribution in [1.82, 2.24) is 4.57 Å². The zero-order valence-corrected chi connectivity index (χ0v) is 13.9. The van der Waals surface area contributed by atoms with Gasteiger partial charge in [-0.25, -0.2) is 4.79 Å². The zero-order chi connectivity index (χ0) is 18.0. The number of aromatic nitrogens is 1. The summed E-state index contributed by atoms with van der Waals surface area (Å²) in [5, 5.41) is 4.17. The molecule has 0 N–H and O–H groups in total. The number of halogens is 1. The Morgan fingerprint density at radius 2 is 1.84 bits per heavy atom. The molecule has 6 nitrogen and oxygen atoms in total. The van der Waals surface area contributed by atoms with Gasteiger partial charge in [-0.3, -0.25) is 9.36 Å². The maximum atomic E-state index is 12.9. The molecule has 0 fully saturated rings. The van der Waals surface area contributed by atoms with Crippen molar-refractivity contribution in [3.05, 3.63) is 80.6 Å². The molecule has 0 bridgehead atoms. The molecule has 0 aliphatic carbocycles. The second-order valence-electron chi connectivity index (χ2n) is 5.34. The lowest BCUT2D eigenvalue weighted by atomic mass is 10.1. The zero-order valence-electron chi connectivity index (χ0n) is 13.2. The van der Waals surface area contributed by atoms with E-state index in [2.05, 4.69) is 5.18 Å². The molecule has 1 atom stereocenters. The van der Waals surface area contributed by atoms with Gasteiger partial charge in [0.25, 0.3) is 5.56 Å². The molecule has 25 heavy (non-hydrogen) atoms. The van der Waals surface area contributed by atoms with Gasteiger partial charge in [0, 0.05) is 22.0 Å². The summed E-state index contributed by atoms with van der Waals surface area (Å²) in [5.74, 6) is -0.589. The highest BCUT2D eigenvalue weighted by atomic mass is 35.5. The van der Waals surface area contributed by atoms with Crippen LogP contribution < -0.4 is 5.56 Å². The third-order valence-electron chi connectivity index (χ3n) is 3.94. The fourth-order valence-corrected chi connectivity index (χ4v) is 2.85. The lowest BCUT2D eigenvalue weighted by Gasteiger charge is -2.18. The number of carbonyl (C=O) groups is 1. The van der Waals surface area contributed by atoms with Crippen molar-refractivity contribution in [2.75, 3.05) is 7.11 Å². The predicted octanol–water partition coefficient (Wildman–Crippen LogP) is 3.82. The number of nitrogens with zero attached hydrogens (tertiary/aromatic N) is 2. The predicted molar refractivity (Wildman–Crippen MR) is 95.3 cm³/mol. The topological polar surface area (TPSA) is 77.7 Å². The van der Waals surface area contributed by atoms with E-state index >= 15 is 0 Å². The summed E-state index contributed by atoms with van der Waals surface area (Å²) in [7, 11) is 1.26. The number of nitroso groups, excluding NO2 is 1. The van der Waals surface area contributed by atoms with E-state index in [0.717, 1.165) is 0 Å². The fourth-order valence-electron chi connectivity index (χ4n) is 2.73. The Hall–Kier alpha value is -2.99. The van der Waals surface area contributed by atoms with Crippen LogP contribution in [0.3, 0.4) is 0 Å². The van der Waals surface area contributed by atoms with Gasteiger partial charge >= 0.3 is 5.97 Å². The molecule has 0 amide bonds. The lowest BCUT2D eigenvalue weighted by Crippen LogP contribution is -2.31. The van der Waals surface area contributed by atoms with Gasteiger partial charge in [-0.2, -0.15) is 0 Å². The maximum absolute atomic E-state index is 12.9. The van der Waals surface area contributed by atoms with E-state index < -0.39 is 17.6 Å². The van der Waals surface area contributed by atoms with Crippen molar-refractivity contribution in [2.24, 2.45) is 5.18 Å². The number of ether oxygens (including phenoxy) is 1. The van der Waals surface area contributed by atoms with Gasteiger partial charge < -0.3 is 4.74 Å². The number of hydrogen-bond acceptors (Lipinski definition) is 5. The number of rotatable bonds is 4. The highest BCUT2D eigenvalue weighted by molar-refractivity contribution is 6.30. The number of pyridine rings is 1. The number of methoxy groups -OCH3 is 1. The van der Waals surface area contributed by atoms with Crippen LogP contribution in [0.1, 0.15) is 11.6 Å².